The summed E-state index contributed by atoms with van der Waals surface area (Å²) < 4.78 is 5.45. The predicted molar refractivity (Wildman–Crippen MR) is 92.0 cm³/mol. The second kappa shape index (κ2) is 7.67. The number of nitrogens with zero attached hydrogens (tertiary/aromatic N) is 1. The Bertz CT molecular complexity index is 564. The van der Waals surface area contributed by atoms with Crippen molar-refractivity contribution in [3.05, 3.63) is 25.1 Å². The van der Waals surface area contributed by atoms with Gasteiger partial charge in [0.1, 0.15) is 10.0 Å². The Hall–Kier alpha value is -0.0600. The fourth-order valence-corrected chi connectivity index (χ4v) is 3.58. The van der Waals surface area contributed by atoms with Crippen molar-refractivity contribution >= 4 is 63.9 Å². The van der Waals surface area contributed by atoms with Crippen molar-refractivity contribution in [2.24, 2.45) is 5.92 Å². The Balaban J connectivity index is 2.10. The molecular weight excluding hydrogens is 391 g/mol. The zero-order valence-corrected chi connectivity index (χ0v) is 15.5. The molecule has 0 saturated carbocycles. The van der Waals surface area contributed by atoms with Gasteiger partial charge >= 0.3 is 0 Å². The van der Waals surface area contributed by atoms with Crippen LogP contribution in [-0.2, 0) is 4.79 Å². The molecule has 1 atom stereocenters. The highest BCUT2D eigenvalue weighted by molar-refractivity contribution is 6.55. The maximum atomic E-state index is 12.2. The van der Waals surface area contributed by atoms with E-state index in [1.165, 1.54) is 0 Å². The average Bonchev–Trinajstić information content (AvgIpc) is 2.50. The summed E-state index contributed by atoms with van der Waals surface area (Å²) in [6, 6.07) is 0. The quantitative estimate of drug-likeness (QED) is 0.484. The molecule has 1 fully saturated rings. The van der Waals surface area contributed by atoms with Gasteiger partial charge < -0.3 is 9.64 Å². The molecule has 0 aliphatic carbocycles. The smallest absolute Gasteiger partial charge is 0.260 e. The number of hydrogen-bond acceptors (Lipinski definition) is 2. The number of hydrogen-bond donors (Lipinski definition) is 0. The number of amides is 1. The summed E-state index contributed by atoms with van der Waals surface area (Å²) in [4.78, 5) is 14.0. The summed E-state index contributed by atoms with van der Waals surface area (Å²) in [5.41, 5.74) is 0. The summed E-state index contributed by atoms with van der Waals surface area (Å²) in [5, 5.41) is 0.238. The van der Waals surface area contributed by atoms with Crippen LogP contribution in [0.2, 0.25) is 25.1 Å². The Morgan fingerprint density at radius 2 is 1.64 bits per heavy atom. The summed E-state index contributed by atoms with van der Waals surface area (Å²) in [6.07, 6.45) is 2.12. The van der Waals surface area contributed by atoms with Crippen LogP contribution in [0.25, 0.3) is 0 Å². The van der Waals surface area contributed by atoms with E-state index in [1.807, 2.05) is 0 Å². The van der Waals surface area contributed by atoms with E-state index in [0.29, 0.717) is 5.92 Å². The van der Waals surface area contributed by atoms with E-state index in [1.54, 1.807) is 4.90 Å². The van der Waals surface area contributed by atoms with Crippen molar-refractivity contribution < 1.29 is 9.53 Å². The lowest BCUT2D eigenvalue weighted by Crippen LogP contribution is -2.41. The normalized spacial score (nSPS) is 18.5. The van der Waals surface area contributed by atoms with Crippen LogP contribution < -0.4 is 4.74 Å². The van der Waals surface area contributed by atoms with E-state index in [-0.39, 0.29) is 43.4 Å². The maximum absolute atomic E-state index is 12.2. The number of ether oxygens (including phenoxy) is 1. The number of carbonyl (C=O) groups is 1. The monoisotopic (exact) mass is 403 g/mol. The highest BCUT2D eigenvalue weighted by Crippen LogP contribution is 2.48. The Morgan fingerprint density at radius 3 is 2.18 bits per heavy atom. The lowest BCUT2D eigenvalue weighted by Gasteiger charge is -2.30. The van der Waals surface area contributed by atoms with Crippen molar-refractivity contribution in [3.8, 4) is 5.75 Å². The first-order chi connectivity index (χ1) is 10.3. The van der Waals surface area contributed by atoms with Gasteiger partial charge in [0.15, 0.2) is 12.4 Å². The molecule has 2 rings (SSSR count). The number of carbonyl (C=O) groups excluding carboxylic acids is 1. The van der Waals surface area contributed by atoms with Crippen LogP contribution in [0.3, 0.4) is 0 Å². The fraction of sp³-hybridized carbons (Fsp3) is 0.500. The van der Waals surface area contributed by atoms with Crippen LogP contribution in [0.4, 0.5) is 0 Å². The molecule has 0 unspecified atom stereocenters. The zero-order valence-electron chi connectivity index (χ0n) is 11.8. The Morgan fingerprint density at radius 1 is 1.09 bits per heavy atom. The molecule has 122 valence electrons. The number of rotatable bonds is 3. The highest BCUT2D eigenvalue weighted by atomic mass is 35.5. The van der Waals surface area contributed by atoms with E-state index < -0.39 is 0 Å². The second-order valence-corrected chi connectivity index (χ2v) is 7.16. The van der Waals surface area contributed by atoms with Crippen LogP contribution in [0.1, 0.15) is 19.8 Å². The third kappa shape index (κ3) is 3.88. The van der Waals surface area contributed by atoms with E-state index in [0.717, 1.165) is 25.9 Å². The highest BCUT2D eigenvalue weighted by Gasteiger charge is 2.24. The van der Waals surface area contributed by atoms with Gasteiger partial charge in [0.05, 0.1) is 15.1 Å². The number of likely N-dealkylation sites (tertiary alicyclic amines) is 1. The number of benzene rings is 1. The van der Waals surface area contributed by atoms with Gasteiger partial charge in [-0.3, -0.25) is 4.79 Å². The predicted octanol–water partition coefficient (Wildman–Crippen LogP) is 5.59. The first-order valence-electron chi connectivity index (χ1n) is 6.75. The van der Waals surface area contributed by atoms with Crippen molar-refractivity contribution in [2.45, 2.75) is 19.8 Å². The van der Waals surface area contributed by atoms with E-state index in [4.69, 9.17) is 62.7 Å². The molecule has 0 radical (unpaired) electrons. The lowest BCUT2D eigenvalue weighted by atomic mass is 10.0. The van der Waals surface area contributed by atoms with Crippen LogP contribution in [-0.4, -0.2) is 30.5 Å². The van der Waals surface area contributed by atoms with Crippen molar-refractivity contribution in [1.82, 2.24) is 4.90 Å². The van der Waals surface area contributed by atoms with Gasteiger partial charge in [0, 0.05) is 13.1 Å². The molecule has 8 heteroatoms. The van der Waals surface area contributed by atoms with Gasteiger partial charge in [0.2, 0.25) is 0 Å². The molecule has 0 bridgehead atoms. The molecule has 1 amide bonds. The van der Waals surface area contributed by atoms with Gasteiger partial charge in [-0.2, -0.15) is 0 Å². The Kier molecular flexibility index (Phi) is 6.38. The summed E-state index contributed by atoms with van der Waals surface area (Å²) in [7, 11) is 0. The molecule has 22 heavy (non-hydrogen) atoms. The van der Waals surface area contributed by atoms with Gasteiger partial charge in [0.25, 0.3) is 5.91 Å². The molecule has 1 saturated heterocycles. The minimum Gasteiger partial charge on any atom is -0.481 e. The Labute approximate surface area is 154 Å². The zero-order chi connectivity index (χ0) is 16.4. The maximum Gasteiger partial charge on any atom is 0.260 e. The third-order valence-corrected chi connectivity index (χ3v) is 5.76. The topological polar surface area (TPSA) is 29.5 Å². The van der Waals surface area contributed by atoms with E-state index >= 15 is 0 Å². The lowest BCUT2D eigenvalue weighted by molar-refractivity contribution is -0.135. The molecule has 0 aromatic heterocycles. The van der Waals surface area contributed by atoms with Gasteiger partial charge in [-0.15, -0.1) is 0 Å². The van der Waals surface area contributed by atoms with E-state index in [2.05, 4.69) is 6.92 Å². The van der Waals surface area contributed by atoms with Gasteiger partial charge in [-0.1, -0.05) is 64.9 Å². The van der Waals surface area contributed by atoms with Gasteiger partial charge in [-0.05, 0) is 18.8 Å². The largest absolute Gasteiger partial charge is 0.481 e. The number of halogens is 5. The first-order valence-corrected chi connectivity index (χ1v) is 8.64. The van der Waals surface area contributed by atoms with E-state index in [9.17, 15) is 4.79 Å². The summed E-state index contributed by atoms with van der Waals surface area (Å²) in [6.45, 7) is 3.40. The molecule has 3 nitrogen and oxygen atoms in total. The standard InChI is InChI=1S/C14H14Cl5NO2/c1-7-3-2-4-20(5-7)8(21)6-22-14-12(18)10(16)9(15)11(17)13(14)19/h7H,2-6H2,1H3/t7-/m1/s1. The van der Waals surface area contributed by atoms with Crippen molar-refractivity contribution in [3.63, 3.8) is 0 Å². The average molecular weight is 406 g/mol. The molecular formula is C14H14Cl5NO2. The first kappa shape index (κ1) is 18.3. The second-order valence-electron chi connectivity index (χ2n) is 5.27. The molecule has 1 aromatic rings. The molecule has 0 spiro atoms. The van der Waals surface area contributed by atoms with Crippen LogP contribution in [0.5, 0.6) is 5.75 Å². The summed E-state index contributed by atoms with van der Waals surface area (Å²) >= 11 is 29.9. The van der Waals surface area contributed by atoms with Crippen LogP contribution >= 0.6 is 58.0 Å². The van der Waals surface area contributed by atoms with Crippen molar-refractivity contribution in [2.75, 3.05) is 19.7 Å². The van der Waals surface area contributed by atoms with Crippen LogP contribution in [0, 0.1) is 5.92 Å². The fourth-order valence-electron chi connectivity index (χ4n) is 2.35. The van der Waals surface area contributed by atoms with Crippen LogP contribution in [0.15, 0.2) is 0 Å². The SMILES string of the molecule is C[C@@H]1CCCN(C(=O)COc2c(Cl)c(Cl)c(Cl)c(Cl)c2Cl)C1. The van der Waals surface area contributed by atoms with Gasteiger partial charge in [-0.25, -0.2) is 0 Å². The summed E-state index contributed by atoms with van der Waals surface area (Å²) in [5.74, 6) is 0.436. The molecule has 1 aromatic carbocycles. The number of piperidine rings is 1. The minimum absolute atomic E-state index is 0.0425. The van der Waals surface area contributed by atoms with Crippen molar-refractivity contribution in [1.29, 1.82) is 0 Å². The molecule has 1 aliphatic heterocycles. The molecule has 1 aliphatic rings. The minimum atomic E-state index is -0.180. The third-order valence-electron chi connectivity index (χ3n) is 3.52. The molecule has 1 heterocycles. The molecule has 0 N–H and O–H groups in total.